The highest BCUT2D eigenvalue weighted by Crippen LogP contribution is 2.28. The number of amides is 1. The number of aliphatic carboxylic acids is 1. The molecule has 1 aromatic carbocycles. The Hall–Kier alpha value is -1.94. The number of carboxylic acid groups (broad SMARTS) is 1. The third-order valence-corrected chi connectivity index (χ3v) is 4.38. The van der Waals surface area contributed by atoms with Gasteiger partial charge in [0.25, 0.3) is 0 Å². The molecule has 1 heterocycles. The number of hydrogen-bond donors (Lipinski definition) is 2. The van der Waals surface area contributed by atoms with E-state index in [0.29, 0.717) is 10.0 Å². The van der Waals surface area contributed by atoms with Crippen molar-refractivity contribution in [3.05, 3.63) is 28.0 Å². The van der Waals surface area contributed by atoms with E-state index in [1.807, 2.05) is 0 Å². The van der Waals surface area contributed by atoms with Crippen LogP contribution in [0.25, 0.3) is 0 Å². The Kier molecular flexibility index (Phi) is 5.72. The number of thioether (sulfide) groups is 1. The summed E-state index contributed by atoms with van der Waals surface area (Å²) in [5.41, 5.74) is 0.441. The van der Waals surface area contributed by atoms with E-state index in [2.05, 4.69) is 31.4 Å². The minimum Gasteiger partial charge on any atom is -0.492 e. The Balaban J connectivity index is 2.07. The molecule has 1 amide bonds. The standard InChI is InChI=1S/C13H11BrFN3O4S/c1-22-11-7(14)2-6(3-8(11)15)5-16-18-13-17-12(21)9(23-13)4-10(19)20/h2-3,5,9H,4H2,1H3,(H,19,20)(H,17,18,21). The van der Waals surface area contributed by atoms with Crippen molar-refractivity contribution in [1.29, 1.82) is 0 Å². The molecule has 1 atom stereocenters. The molecule has 10 heteroatoms. The predicted molar refractivity (Wildman–Crippen MR) is 87.5 cm³/mol. The van der Waals surface area contributed by atoms with Gasteiger partial charge in [-0.1, -0.05) is 11.8 Å². The van der Waals surface area contributed by atoms with Crippen LogP contribution in [0.5, 0.6) is 5.75 Å². The summed E-state index contributed by atoms with van der Waals surface area (Å²) < 4.78 is 19.0. The Morgan fingerprint density at radius 1 is 1.61 bits per heavy atom. The van der Waals surface area contributed by atoms with Crippen molar-refractivity contribution in [3.63, 3.8) is 0 Å². The van der Waals surface area contributed by atoms with Gasteiger partial charge < -0.3 is 15.2 Å². The quantitative estimate of drug-likeness (QED) is 0.578. The van der Waals surface area contributed by atoms with Crippen LogP contribution in [0, 0.1) is 5.82 Å². The Morgan fingerprint density at radius 2 is 2.35 bits per heavy atom. The minimum atomic E-state index is -1.07. The van der Waals surface area contributed by atoms with Crippen LogP contribution in [0.2, 0.25) is 0 Å². The molecular weight excluding hydrogens is 393 g/mol. The van der Waals surface area contributed by atoms with E-state index < -0.39 is 22.9 Å². The first-order valence-electron chi connectivity index (χ1n) is 6.24. The van der Waals surface area contributed by atoms with Gasteiger partial charge in [-0.15, -0.1) is 5.10 Å². The highest BCUT2D eigenvalue weighted by Gasteiger charge is 2.32. The Bertz CT molecular complexity index is 687. The van der Waals surface area contributed by atoms with Gasteiger partial charge in [-0.25, -0.2) is 4.39 Å². The molecule has 1 fully saturated rings. The number of carboxylic acids is 1. The van der Waals surface area contributed by atoms with Gasteiger partial charge in [0.2, 0.25) is 5.91 Å². The molecule has 1 aliphatic heterocycles. The fourth-order valence-electron chi connectivity index (χ4n) is 1.74. The number of amidine groups is 1. The third kappa shape index (κ3) is 4.52. The summed E-state index contributed by atoms with van der Waals surface area (Å²) in [5, 5.41) is 18.1. The Labute approximate surface area is 143 Å². The van der Waals surface area contributed by atoms with Crippen LogP contribution < -0.4 is 10.1 Å². The highest BCUT2D eigenvalue weighted by atomic mass is 79.9. The maximum atomic E-state index is 13.7. The van der Waals surface area contributed by atoms with Crippen molar-refractivity contribution in [2.24, 2.45) is 10.2 Å². The fourth-order valence-corrected chi connectivity index (χ4v) is 3.27. The second kappa shape index (κ2) is 7.55. The number of ether oxygens (including phenoxy) is 1. The molecular formula is C13H11BrFN3O4S. The molecule has 122 valence electrons. The number of halogens is 2. The van der Waals surface area contributed by atoms with E-state index in [4.69, 9.17) is 9.84 Å². The van der Waals surface area contributed by atoms with E-state index >= 15 is 0 Å². The summed E-state index contributed by atoms with van der Waals surface area (Å²) >= 11 is 4.16. The average Bonchev–Trinajstić information content (AvgIpc) is 2.78. The second-order valence-electron chi connectivity index (χ2n) is 4.36. The maximum absolute atomic E-state index is 13.7. The van der Waals surface area contributed by atoms with Gasteiger partial charge in [0.05, 0.1) is 24.2 Å². The van der Waals surface area contributed by atoms with E-state index in [-0.39, 0.29) is 17.3 Å². The molecule has 2 N–H and O–H groups in total. The molecule has 0 aromatic heterocycles. The van der Waals surface area contributed by atoms with Crippen LogP contribution >= 0.6 is 27.7 Å². The first-order chi connectivity index (χ1) is 10.9. The monoisotopic (exact) mass is 403 g/mol. The topological polar surface area (TPSA) is 100 Å². The van der Waals surface area contributed by atoms with Crippen LogP contribution in [-0.2, 0) is 9.59 Å². The first-order valence-corrected chi connectivity index (χ1v) is 7.91. The number of hydrogen-bond acceptors (Lipinski definition) is 6. The molecule has 0 aliphatic carbocycles. The zero-order chi connectivity index (χ0) is 17.0. The number of methoxy groups -OCH3 is 1. The molecule has 1 saturated heterocycles. The zero-order valence-electron chi connectivity index (χ0n) is 11.7. The van der Waals surface area contributed by atoms with Gasteiger partial charge in [-0.05, 0) is 33.6 Å². The van der Waals surface area contributed by atoms with Gasteiger partial charge >= 0.3 is 5.97 Å². The van der Waals surface area contributed by atoms with E-state index in [1.165, 1.54) is 19.4 Å². The molecule has 1 aliphatic rings. The van der Waals surface area contributed by atoms with Crippen LogP contribution in [-0.4, -0.2) is 40.7 Å². The molecule has 0 saturated carbocycles. The molecule has 7 nitrogen and oxygen atoms in total. The summed E-state index contributed by atoms with van der Waals surface area (Å²) in [4.78, 5) is 22.1. The second-order valence-corrected chi connectivity index (χ2v) is 6.41. The molecule has 0 radical (unpaired) electrons. The van der Waals surface area contributed by atoms with Crippen LogP contribution in [0.4, 0.5) is 4.39 Å². The lowest BCUT2D eigenvalue weighted by atomic mass is 10.2. The number of carbonyl (C=O) groups excluding carboxylic acids is 1. The van der Waals surface area contributed by atoms with Crippen molar-refractivity contribution >= 4 is 51.0 Å². The van der Waals surface area contributed by atoms with Gasteiger partial charge in [0.1, 0.15) is 5.25 Å². The fraction of sp³-hybridized carbons (Fsp3) is 0.231. The average molecular weight is 404 g/mol. The number of nitrogens with one attached hydrogen (secondary N) is 1. The van der Waals surface area contributed by atoms with E-state index in [9.17, 15) is 14.0 Å². The lowest BCUT2D eigenvalue weighted by molar-refractivity contribution is -0.138. The normalized spacial score (nSPS) is 19.3. The zero-order valence-corrected chi connectivity index (χ0v) is 14.1. The Morgan fingerprint density at radius 3 is 2.96 bits per heavy atom. The van der Waals surface area contributed by atoms with Crippen molar-refractivity contribution in [2.75, 3.05) is 7.11 Å². The lowest BCUT2D eigenvalue weighted by Gasteiger charge is -2.04. The number of nitrogens with zero attached hydrogens (tertiary/aromatic N) is 2. The van der Waals surface area contributed by atoms with Gasteiger partial charge in [0.15, 0.2) is 16.7 Å². The van der Waals surface area contributed by atoms with Gasteiger partial charge in [0, 0.05) is 0 Å². The molecule has 0 spiro atoms. The molecule has 1 aromatic rings. The summed E-state index contributed by atoms with van der Waals surface area (Å²) in [6.07, 6.45) is 1.01. The van der Waals surface area contributed by atoms with E-state index in [0.717, 1.165) is 11.8 Å². The molecule has 23 heavy (non-hydrogen) atoms. The van der Waals surface area contributed by atoms with Crippen molar-refractivity contribution in [2.45, 2.75) is 11.7 Å². The van der Waals surface area contributed by atoms with Crippen molar-refractivity contribution in [1.82, 2.24) is 5.32 Å². The van der Waals surface area contributed by atoms with Crippen LogP contribution in [0.1, 0.15) is 12.0 Å². The summed E-state index contributed by atoms with van der Waals surface area (Å²) in [6.45, 7) is 0. The predicted octanol–water partition coefficient (Wildman–Crippen LogP) is 1.99. The smallest absolute Gasteiger partial charge is 0.305 e. The van der Waals surface area contributed by atoms with Gasteiger partial charge in [-0.2, -0.15) is 5.10 Å². The maximum Gasteiger partial charge on any atom is 0.305 e. The largest absolute Gasteiger partial charge is 0.492 e. The lowest BCUT2D eigenvalue weighted by Crippen LogP contribution is -2.26. The summed E-state index contributed by atoms with van der Waals surface area (Å²) in [6, 6.07) is 2.82. The number of carbonyl (C=O) groups is 2. The SMILES string of the molecule is COc1c(F)cc(C=NN=C2NC(=O)C(CC(=O)O)S2)cc1Br. The van der Waals surface area contributed by atoms with Gasteiger partial charge in [-0.3, -0.25) is 9.59 Å². The van der Waals surface area contributed by atoms with Crippen LogP contribution in [0.3, 0.4) is 0 Å². The number of benzene rings is 1. The molecule has 0 bridgehead atoms. The van der Waals surface area contributed by atoms with Crippen molar-refractivity contribution < 1.29 is 23.8 Å². The van der Waals surface area contributed by atoms with Crippen LogP contribution in [0.15, 0.2) is 26.8 Å². The molecule has 1 unspecified atom stereocenters. The third-order valence-electron chi connectivity index (χ3n) is 2.72. The minimum absolute atomic E-state index is 0.0867. The molecule has 2 rings (SSSR count). The van der Waals surface area contributed by atoms with Crippen molar-refractivity contribution in [3.8, 4) is 5.75 Å². The van der Waals surface area contributed by atoms with E-state index in [1.54, 1.807) is 6.07 Å². The highest BCUT2D eigenvalue weighted by molar-refractivity contribution is 9.10. The summed E-state index contributed by atoms with van der Waals surface area (Å²) in [7, 11) is 1.36. The summed E-state index contributed by atoms with van der Waals surface area (Å²) in [5.74, 6) is -1.96. The number of rotatable bonds is 5. The first kappa shape index (κ1) is 17.4.